The van der Waals surface area contributed by atoms with E-state index in [-0.39, 0.29) is 10.6 Å². The monoisotopic (exact) mass is 260 g/mol. The van der Waals surface area contributed by atoms with E-state index in [0.717, 1.165) is 5.56 Å². The molecule has 0 bridgehead atoms. The molecule has 0 spiro atoms. The van der Waals surface area contributed by atoms with E-state index >= 15 is 0 Å². The van der Waals surface area contributed by atoms with Crippen LogP contribution in [0.15, 0.2) is 30.6 Å². The maximum atomic E-state index is 11.0. The van der Waals surface area contributed by atoms with Gasteiger partial charge < -0.3 is 5.32 Å². The zero-order valence-electron chi connectivity index (χ0n) is 11.0. The van der Waals surface area contributed by atoms with Gasteiger partial charge in [-0.25, -0.2) is 0 Å². The SMILES string of the molecule is Cc1cnn(CCNc2cccc(C)c2[N+](=O)[O-])c1. The van der Waals surface area contributed by atoms with Crippen LogP contribution in [-0.2, 0) is 6.54 Å². The Balaban J connectivity index is 2.03. The highest BCUT2D eigenvalue weighted by Crippen LogP contribution is 2.27. The fourth-order valence-corrected chi connectivity index (χ4v) is 1.94. The van der Waals surface area contributed by atoms with E-state index in [1.54, 1.807) is 25.3 Å². The lowest BCUT2D eigenvalue weighted by molar-refractivity contribution is -0.384. The molecule has 0 aliphatic heterocycles. The van der Waals surface area contributed by atoms with Crippen molar-refractivity contribution in [3.05, 3.63) is 51.8 Å². The van der Waals surface area contributed by atoms with Crippen LogP contribution in [0.2, 0.25) is 0 Å². The number of nitrogens with one attached hydrogen (secondary N) is 1. The number of hydrogen-bond donors (Lipinski definition) is 1. The van der Waals surface area contributed by atoms with Gasteiger partial charge in [-0.3, -0.25) is 14.8 Å². The Morgan fingerprint density at radius 2 is 2.21 bits per heavy atom. The molecule has 0 saturated carbocycles. The molecule has 19 heavy (non-hydrogen) atoms. The van der Waals surface area contributed by atoms with Gasteiger partial charge in [0.15, 0.2) is 0 Å². The predicted octanol–water partition coefficient (Wildman–Crippen LogP) is 2.52. The molecule has 6 nitrogen and oxygen atoms in total. The summed E-state index contributed by atoms with van der Waals surface area (Å²) >= 11 is 0. The highest BCUT2D eigenvalue weighted by molar-refractivity contribution is 5.64. The second kappa shape index (κ2) is 5.51. The van der Waals surface area contributed by atoms with Crippen LogP contribution < -0.4 is 5.32 Å². The summed E-state index contributed by atoms with van der Waals surface area (Å²) in [6.07, 6.45) is 3.72. The van der Waals surface area contributed by atoms with Crippen LogP contribution in [0.5, 0.6) is 0 Å². The lowest BCUT2D eigenvalue weighted by atomic mass is 10.1. The van der Waals surface area contributed by atoms with E-state index in [2.05, 4.69) is 10.4 Å². The second-order valence-electron chi connectivity index (χ2n) is 4.44. The van der Waals surface area contributed by atoms with E-state index in [4.69, 9.17) is 0 Å². The van der Waals surface area contributed by atoms with E-state index in [1.807, 2.05) is 23.9 Å². The smallest absolute Gasteiger partial charge is 0.295 e. The fourth-order valence-electron chi connectivity index (χ4n) is 1.94. The molecular weight excluding hydrogens is 244 g/mol. The standard InChI is InChI=1S/C13H16N4O2/c1-10-8-15-16(9-10)7-6-14-12-5-3-4-11(2)13(12)17(18)19/h3-5,8-9,14H,6-7H2,1-2H3. The van der Waals surface area contributed by atoms with Gasteiger partial charge in [0.1, 0.15) is 5.69 Å². The summed E-state index contributed by atoms with van der Waals surface area (Å²) in [5, 5.41) is 18.3. The van der Waals surface area contributed by atoms with Crippen LogP contribution in [0.25, 0.3) is 0 Å². The fraction of sp³-hybridized carbons (Fsp3) is 0.308. The van der Waals surface area contributed by atoms with Crippen molar-refractivity contribution in [2.24, 2.45) is 0 Å². The first kappa shape index (κ1) is 13.1. The van der Waals surface area contributed by atoms with Crippen LogP contribution in [0, 0.1) is 24.0 Å². The van der Waals surface area contributed by atoms with Crippen LogP contribution in [0.4, 0.5) is 11.4 Å². The number of anilines is 1. The van der Waals surface area contributed by atoms with Gasteiger partial charge in [-0.05, 0) is 25.5 Å². The Hall–Kier alpha value is -2.37. The Kier molecular flexibility index (Phi) is 3.79. The molecule has 0 aliphatic carbocycles. The molecule has 0 aliphatic rings. The Labute approximate surface area is 111 Å². The van der Waals surface area contributed by atoms with Crippen molar-refractivity contribution >= 4 is 11.4 Å². The molecule has 2 aromatic rings. The van der Waals surface area contributed by atoms with Crippen molar-refractivity contribution in [2.75, 3.05) is 11.9 Å². The molecule has 1 aromatic carbocycles. The predicted molar refractivity (Wildman–Crippen MR) is 73.3 cm³/mol. The van der Waals surface area contributed by atoms with Crippen LogP contribution >= 0.6 is 0 Å². The minimum atomic E-state index is -0.351. The maximum absolute atomic E-state index is 11.0. The number of nitro benzene ring substituents is 1. The normalized spacial score (nSPS) is 10.4. The molecule has 0 amide bonds. The number of benzene rings is 1. The summed E-state index contributed by atoms with van der Waals surface area (Å²) in [7, 11) is 0. The molecule has 1 aromatic heterocycles. The summed E-state index contributed by atoms with van der Waals surface area (Å²) in [4.78, 5) is 10.7. The van der Waals surface area contributed by atoms with Crippen LogP contribution in [0.1, 0.15) is 11.1 Å². The second-order valence-corrected chi connectivity index (χ2v) is 4.44. The third-order valence-corrected chi connectivity index (χ3v) is 2.84. The van der Waals surface area contributed by atoms with E-state index in [0.29, 0.717) is 24.3 Å². The third-order valence-electron chi connectivity index (χ3n) is 2.84. The van der Waals surface area contributed by atoms with Gasteiger partial charge in [-0.1, -0.05) is 12.1 Å². The highest BCUT2D eigenvalue weighted by Gasteiger charge is 2.15. The quantitative estimate of drug-likeness (QED) is 0.662. The van der Waals surface area contributed by atoms with Crippen molar-refractivity contribution in [3.63, 3.8) is 0 Å². The van der Waals surface area contributed by atoms with E-state index in [1.165, 1.54) is 0 Å². The first-order valence-corrected chi connectivity index (χ1v) is 6.05. The van der Waals surface area contributed by atoms with Gasteiger partial charge in [-0.2, -0.15) is 5.10 Å². The molecule has 1 N–H and O–H groups in total. The number of nitro groups is 1. The molecule has 1 heterocycles. The maximum Gasteiger partial charge on any atom is 0.295 e. The van der Waals surface area contributed by atoms with Crippen LogP contribution in [0.3, 0.4) is 0 Å². The summed E-state index contributed by atoms with van der Waals surface area (Å²) in [5.41, 5.74) is 2.44. The highest BCUT2D eigenvalue weighted by atomic mass is 16.6. The molecule has 6 heteroatoms. The summed E-state index contributed by atoms with van der Waals surface area (Å²) < 4.78 is 1.81. The summed E-state index contributed by atoms with van der Waals surface area (Å²) in [6.45, 7) is 4.97. The lowest BCUT2D eigenvalue weighted by Crippen LogP contribution is -2.12. The van der Waals surface area contributed by atoms with Crippen molar-refractivity contribution in [1.82, 2.24) is 9.78 Å². The van der Waals surface area contributed by atoms with Gasteiger partial charge >= 0.3 is 0 Å². The minimum Gasteiger partial charge on any atom is -0.378 e. The summed E-state index contributed by atoms with van der Waals surface area (Å²) in [6, 6.07) is 5.27. The number of para-hydroxylation sites is 1. The third kappa shape index (κ3) is 3.09. The number of hydrogen-bond acceptors (Lipinski definition) is 4. The van der Waals surface area contributed by atoms with Gasteiger partial charge in [0.2, 0.25) is 0 Å². The van der Waals surface area contributed by atoms with Crippen molar-refractivity contribution in [2.45, 2.75) is 20.4 Å². The van der Waals surface area contributed by atoms with Gasteiger partial charge in [-0.15, -0.1) is 0 Å². The van der Waals surface area contributed by atoms with Crippen LogP contribution in [-0.4, -0.2) is 21.2 Å². The number of rotatable bonds is 5. The number of nitrogens with zero attached hydrogens (tertiary/aromatic N) is 3. The largest absolute Gasteiger partial charge is 0.378 e. The Morgan fingerprint density at radius 1 is 1.42 bits per heavy atom. The number of aryl methyl sites for hydroxylation is 2. The zero-order valence-corrected chi connectivity index (χ0v) is 11.0. The molecule has 0 radical (unpaired) electrons. The zero-order chi connectivity index (χ0) is 13.8. The van der Waals surface area contributed by atoms with E-state index < -0.39 is 0 Å². The van der Waals surface area contributed by atoms with Crippen molar-refractivity contribution in [1.29, 1.82) is 0 Å². The average Bonchev–Trinajstić information content (AvgIpc) is 2.74. The van der Waals surface area contributed by atoms with Crippen molar-refractivity contribution < 1.29 is 4.92 Å². The molecule has 0 saturated heterocycles. The molecule has 0 unspecified atom stereocenters. The van der Waals surface area contributed by atoms with Gasteiger partial charge in [0.05, 0.1) is 17.7 Å². The average molecular weight is 260 g/mol. The molecule has 0 atom stereocenters. The molecule has 0 fully saturated rings. The molecule has 2 rings (SSSR count). The van der Waals surface area contributed by atoms with E-state index in [9.17, 15) is 10.1 Å². The molecular formula is C13H16N4O2. The summed E-state index contributed by atoms with van der Waals surface area (Å²) in [5.74, 6) is 0. The Bertz CT molecular complexity index is 592. The minimum absolute atomic E-state index is 0.138. The topological polar surface area (TPSA) is 73.0 Å². The first-order chi connectivity index (χ1) is 9.08. The number of aromatic nitrogens is 2. The van der Waals surface area contributed by atoms with Gasteiger partial charge in [0.25, 0.3) is 5.69 Å². The van der Waals surface area contributed by atoms with Crippen molar-refractivity contribution in [3.8, 4) is 0 Å². The first-order valence-electron chi connectivity index (χ1n) is 6.05. The molecule has 100 valence electrons. The van der Waals surface area contributed by atoms with Gasteiger partial charge in [0, 0.05) is 18.3 Å². The lowest BCUT2D eigenvalue weighted by Gasteiger charge is -2.08. The Morgan fingerprint density at radius 3 is 2.84 bits per heavy atom.